The van der Waals surface area contributed by atoms with Crippen molar-refractivity contribution in [1.29, 1.82) is 5.26 Å². The second-order valence-electron chi connectivity index (χ2n) is 12.9. The van der Waals surface area contributed by atoms with Gasteiger partial charge in [-0.05, 0) is 101 Å². The van der Waals surface area contributed by atoms with Crippen LogP contribution < -0.4 is 10.6 Å². The van der Waals surface area contributed by atoms with Crippen molar-refractivity contribution in [3.05, 3.63) is 0 Å². The van der Waals surface area contributed by atoms with Gasteiger partial charge >= 0.3 is 6.09 Å². The van der Waals surface area contributed by atoms with Crippen molar-refractivity contribution in [1.82, 2.24) is 20.4 Å². The molecule has 2 unspecified atom stereocenters. The number of rotatable bonds is 8. The first-order valence-corrected chi connectivity index (χ1v) is 15.5. The number of nitriles is 1. The predicted molar refractivity (Wildman–Crippen MR) is 153 cm³/mol. The number of guanidine groups is 1. The molecular formula is C30H50N6O4. The molecule has 2 saturated heterocycles. The van der Waals surface area contributed by atoms with E-state index in [-0.39, 0.29) is 18.1 Å². The molecule has 10 heteroatoms. The number of aliphatic imine (C=N–C) groups is 1. The summed E-state index contributed by atoms with van der Waals surface area (Å²) in [4.78, 5) is 35.1. The zero-order chi connectivity index (χ0) is 28.7. The lowest BCUT2D eigenvalue weighted by atomic mass is 9.65. The summed E-state index contributed by atoms with van der Waals surface area (Å²) < 4.78 is 11.3. The Bertz CT molecular complexity index is 925. The standard InChI is InChI=1S/C30H50N6O4/c1-21(2)30(4)11-7-23(8-12-30)19-26(27(37)36(20-31)25-5-6-25)33-28(35-15-17-39-18-16-35)34-29(38)40-22(3)24-9-13-32-14-10-24/h21-26,32H,5-19H2,1-4H3,(H,33,34,38). The Morgan fingerprint density at radius 2 is 1.77 bits per heavy atom. The fourth-order valence-corrected chi connectivity index (χ4v) is 6.29. The summed E-state index contributed by atoms with van der Waals surface area (Å²) in [7, 11) is 0. The number of alkyl carbamates (subject to hydrolysis) is 1. The molecule has 2 N–H and O–H groups in total. The van der Waals surface area contributed by atoms with Gasteiger partial charge in [0.1, 0.15) is 12.1 Å². The van der Waals surface area contributed by atoms with Crippen LogP contribution in [-0.2, 0) is 14.3 Å². The highest BCUT2D eigenvalue weighted by molar-refractivity contribution is 5.96. The van der Waals surface area contributed by atoms with Gasteiger partial charge in [-0.25, -0.2) is 14.7 Å². The Labute approximate surface area is 240 Å². The number of nitrogens with one attached hydrogen (secondary N) is 2. The smallest absolute Gasteiger partial charge is 0.414 e. The summed E-state index contributed by atoms with van der Waals surface area (Å²) in [5, 5.41) is 16.1. The van der Waals surface area contributed by atoms with Gasteiger partial charge in [-0.15, -0.1) is 0 Å². The number of hydrogen-bond donors (Lipinski definition) is 2. The van der Waals surface area contributed by atoms with E-state index in [2.05, 4.69) is 37.6 Å². The van der Waals surface area contributed by atoms with Crippen molar-refractivity contribution in [2.24, 2.45) is 28.2 Å². The van der Waals surface area contributed by atoms with E-state index in [9.17, 15) is 14.9 Å². The summed E-state index contributed by atoms with van der Waals surface area (Å²) in [5.41, 5.74) is 0.321. The molecule has 0 aromatic carbocycles. The molecule has 2 atom stereocenters. The van der Waals surface area contributed by atoms with E-state index in [4.69, 9.17) is 14.5 Å². The van der Waals surface area contributed by atoms with Crippen molar-refractivity contribution in [3.8, 4) is 6.19 Å². The number of amides is 2. The van der Waals surface area contributed by atoms with Crippen molar-refractivity contribution in [2.45, 2.75) is 104 Å². The zero-order valence-corrected chi connectivity index (χ0v) is 25.0. The second kappa shape index (κ2) is 14.0. The molecule has 224 valence electrons. The average Bonchev–Trinajstić information content (AvgIpc) is 3.80. The summed E-state index contributed by atoms with van der Waals surface area (Å²) in [6, 6.07) is -0.755. The van der Waals surface area contributed by atoms with E-state index in [0.29, 0.717) is 61.9 Å². The molecule has 40 heavy (non-hydrogen) atoms. The lowest BCUT2D eigenvalue weighted by Crippen LogP contribution is -2.51. The van der Waals surface area contributed by atoms with Gasteiger partial charge in [0.15, 0.2) is 6.19 Å². The lowest BCUT2D eigenvalue weighted by Gasteiger charge is -2.41. The summed E-state index contributed by atoms with van der Waals surface area (Å²) >= 11 is 0. The predicted octanol–water partition coefficient (Wildman–Crippen LogP) is 3.87. The molecule has 2 amide bonds. The molecule has 2 aliphatic heterocycles. The number of carbonyl (C=O) groups excluding carboxylic acids is 2. The van der Waals surface area contributed by atoms with Gasteiger partial charge in [0.05, 0.1) is 13.2 Å². The van der Waals surface area contributed by atoms with Gasteiger partial charge in [0, 0.05) is 19.1 Å². The van der Waals surface area contributed by atoms with Crippen LogP contribution in [0.5, 0.6) is 0 Å². The summed E-state index contributed by atoms with van der Waals surface area (Å²) in [6.07, 6.45) is 9.91. The minimum atomic E-state index is -0.728. The number of carbonyl (C=O) groups is 2. The van der Waals surface area contributed by atoms with E-state index in [0.717, 1.165) is 64.5 Å². The molecule has 4 fully saturated rings. The Kier molecular flexibility index (Phi) is 10.7. The quantitative estimate of drug-likeness (QED) is 0.201. The third-order valence-corrected chi connectivity index (χ3v) is 9.88. The molecule has 0 aromatic heterocycles. The normalized spacial score (nSPS) is 27.9. The molecule has 0 bridgehead atoms. The van der Waals surface area contributed by atoms with E-state index in [1.165, 1.54) is 4.90 Å². The number of nitrogens with zero attached hydrogens (tertiary/aromatic N) is 4. The molecular weight excluding hydrogens is 508 g/mol. The lowest BCUT2D eigenvalue weighted by molar-refractivity contribution is -0.130. The highest BCUT2D eigenvalue weighted by atomic mass is 16.6. The maximum absolute atomic E-state index is 13.8. The van der Waals surface area contributed by atoms with Crippen LogP contribution in [0.2, 0.25) is 0 Å². The SMILES string of the molecule is CC(OC(=O)NC(=NC(CC1CCC(C)(C(C)C)CC1)C(=O)N(C#N)C1CC1)N1CCOCC1)C1CCNCC1. The van der Waals surface area contributed by atoms with Crippen LogP contribution >= 0.6 is 0 Å². The Hall–Kier alpha value is -2.38. The van der Waals surface area contributed by atoms with Crippen LogP contribution in [-0.4, -0.2) is 85.3 Å². The summed E-state index contributed by atoms with van der Waals surface area (Å²) in [6.45, 7) is 12.9. The molecule has 10 nitrogen and oxygen atoms in total. The highest BCUT2D eigenvalue weighted by Crippen LogP contribution is 2.45. The van der Waals surface area contributed by atoms with Gasteiger partial charge in [-0.3, -0.25) is 10.1 Å². The zero-order valence-electron chi connectivity index (χ0n) is 25.0. The molecule has 4 aliphatic rings. The third kappa shape index (κ3) is 8.10. The molecule has 0 radical (unpaired) electrons. The van der Waals surface area contributed by atoms with Gasteiger partial charge in [-0.1, -0.05) is 20.8 Å². The number of hydrogen-bond acceptors (Lipinski definition) is 7. The van der Waals surface area contributed by atoms with Gasteiger partial charge in [0.2, 0.25) is 5.96 Å². The molecule has 2 heterocycles. The number of ether oxygens (including phenoxy) is 2. The molecule has 2 saturated carbocycles. The van der Waals surface area contributed by atoms with Crippen LogP contribution in [0, 0.1) is 34.6 Å². The van der Waals surface area contributed by atoms with Crippen LogP contribution in [0.4, 0.5) is 4.79 Å². The monoisotopic (exact) mass is 558 g/mol. The molecule has 0 spiro atoms. The van der Waals surface area contributed by atoms with Crippen LogP contribution in [0.25, 0.3) is 0 Å². The molecule has 0 aromatic rings. The van der Waals surface area contributed by atoms with Crippen molar-refractivity contribution >= 4 is 18.0 Å². The minimum absolute atomic E-state index is 0.0265. The van der Waals surface area contributed by atoms with Crippen molar-refractivity contribution in [2.75, 3.05) is 39.4 Å². The fraction of sp³-hybridized carbons (Fsp3) is 0.867. The minimum Gasteiger partial charge on any atom is -0.446 e. The Morgan fingerprint density at radius 1 is 1.12 bits per heavy atom. The van der Waals surface area contributed by atoms with Gasteiger partial charge < -0.3 is 19.7 Å². The van der Waals surface area contributed by atoms with E-state index >= 15 is 0 Å². The topological polar surface area (TPSA) is 119 Å². The van der Waals surface area contributed by atoms with Gasteiger partial charge in [-0.2, -0.15) is 5.26 Å². The maximum atomic E-state index is 13.8. The number of piperidine rings is 1. The van der Waals surface area contributed by atoms with Crippen molar-refractivity contribution in [3.63, 3.8) is 0 Å². The summed E-state index contributed by atoms with van der Waals surface area (Å²) in [5.74, 6) is 1.37. The first kappa shape index (κ1) is 30.6. The van der Waals surface area contributed by atoms with Crippen LogP contribution in [0.3, 0.4) is 0 Å². The Balaban J connectivity index is 1.52. The number of morpholine rings is 1. The van der Waals surface area contributed by atoms with Crippen molar-refractivity contribution < 1.29 is 19.1 Å². The first-order valence-electron chi connectivity index (χ1n) is 15.5. The Morgan fingerprint density at radius 3 is 2.35 bits per heavy atom. The molecule has 4 rings (SSSR count). The second-order valence-corrected chi connectivity index (χ2v) is 12.9. The fourth-order valence-electron chi connectivity index (χ4n) is 6.29. The maximum Gasteiger partial charge on any atom is 0.414 e. The van der Waals surface area contributed by atoms with E-state index in [1.54, 1.807) is 0 Å². The van der Waals surface area contributed by atoms with Gasteiger partial charge in [0.25, 0.3) is 5.91 Å². The highest BCUT2D eigenvalue weighted by Gasteiger charge is 2.40. The van der Waals surface area contributed by atoms with Crippen LogP contribution in [0.1, 0.15) is 85.5 Å². The molecule has 2 aliphatic carbocycles. The average molecular weight is 559 g/mol. The van der Waals surface area contributed by atoms with E-state index in [1.807, 2.05) is 11.8 Å². The largest absolute Gasteiger partial charge is 0.446 e. The third-order valence-electron chi connectivity index (χ3n) is 9.88. The van der Waals surface area contributed by atoms with E-state index < -0.39 is 12.1 Å². The first-order chi connectivity index (χ1) is 19.2. The van der Waals surface area contributed by atoms with Crippen LogP contribution in [0.15, 0.2) is 4.99 Å².